The standard InChI is InChI=1S/C16H23N3O4.ClH/c1-8(14(20)18-9-3-2-6-17-7-9)19-15(21)12-10-4-5-11(23-10)13(12)16(19)22;/h8-13,17H,2-7H2,1H3,(H,18,20);1H. The molecule has 6 unspecified atom stereocenters. The number of piperidine rings is 1. The quantitative estimate of drug-likeness (QED) is 0.685. The summed E-state index contributed by atoms with van der Waals surface area (Å²) >= 11 is 0. The smallest absolute Gasteiger partial charge is 0.243 e. The van der Waals surface area contributed by atoms with Crippen LogP contribution in [0.15, 0.2) is 0 Å². The number of nitrogens with one attached hydrogen (secondary N) is 2. The van der Waals surface area contributed by atoms with Crippen molar-refractivity contribution in [1.29, 1.82) is 0 Å². The van der Waals surface area contributed by atoms with Gasteiger partial charge < -0.3 is 15.4 Å². The zero-order valence-corrected chi connectivity index (χ0v) is 14.5. The van der Waals surface area contributed by atoms with E-state index in [0.29, 0.717) is 0 Å². The molecule has 0 aliphatic carbocycles. The van der Waals surface area contributed by atoms with Gasteiger partial charge in [-0.2, -0.15) is 0 Å². The molecule has 4 saturated heterocycles. The largest absolute Gasteiger partial charge is 0.373 e. The summed E-state index contributed by atoms with van der Waals surface area (Å²) in [6, 6.07) is -0.674. The summed E-state index contributed by atoms with van der Waals surface area (Å²) in [6.45, 7) is 3.35. The lowest BCUT2D eigenvalue weighted by atomic mass is 9.81. The minimum absolute atomic E-state index is 0. The number of likely N-dealkylation sites (tertiary alicyclic amines) is 1. The second-order valence-electron chi connectivity index (χ2n) is 7.12. The predicted octanol–water partition coefficient (Wildman–Crippen LogP) is -0.173. The zero-order valence-electron chi connectivity index (χ0n) is 13.7. The second kappa shape index (κ2) is 6.61. The van der Waals surface area contributed by atoms with Crippen molar-refractivity contribution < 1.29 is 19.1 Å². The molecule has 2 N–H and O–H groups in total. The molecule has 4 fully saturated rings. The van der Waals surface area contributed by atoms with Crippen molar-refractivity contribution in [3.05, 3.63) is 0 Å². The van der Waals surface area contributed by atoms with Crippen LogP contribution in [0.3, 0.4) is 0 Å². The highest BCUT2D eigenvalue weighted by Gasteiger charge is 2.63. The van der Waals surface area contributed by atoms with Crippen molar-refractivity contribution in [2.24, 2.45) is 11.8 Å². The van der Waals surface area contributed by atoms with Crippen LogP contribution >= 0.6 is 12.4 Å². The number of rotatable bonds is 3. The van der Waals surface area contributed by atoms with Crippen LogP contribution in [0.25, 0.3) is 0 Å². The first kappa shape index (κ1) is 17.6. The van der Waals surface area contributed by atoms with E-state index in [4.69, 9.17) is 4.74 Å². The SMILES string of the molecule is CC(C(=O)NC1CCCNC1)N1C(=O)C2C3CCC(O3)C2C1=O.Cl. The molecule has 4 aliphatic rings. The molecule has 3 amide bonds. The van der Waals surface area contributed by atoms with Gasteiger partial charge in [0.1, 0.15) is 6.04 Å². The molecule has 7 nitrogen and oxygen atoms in total. The van der Waals surface area contributed by atoms with E-state index in [-0.39, 0.29) is 60.2 Å². The van der Waals surface area contributed by atoms with Gasteiger partial charge in [0, 0.05) is 12.6 Å². The van der Waals surface area contributed by atoms with Gasteiger partial charge >= 0.3 is 0 Å². The predicted molar refractivity (Wildman–Crippen MR) is 87.5 cm³/mol. The van der Waals surface area contributed by atoms with Crippen LogP contribution in [0, 0.1) is 11.8 Å². The maximum Gasteiger partial charge on any atom is 0.243 e. The maximum atomic E-state index is 12.7. The first-order valence-corrected chi connectivity index (χ1v) is 8.61. The molecule has 4 heterocycles. The lowest BCUT2D eigenvalue weighted by Crippen LogP contribution is -2.54. The molecule has 8 heteroatoms. The van der Waals surface area contributed by atoms with E-state index in [1.54, 1.807) is 6.92 Å². The molecule has 6 atom stereocenters. The number of halogens is 1. The van der Waals surface area contributed by atoms with Crippen LogP contribution in [0.5, 0.6) is 0 Å². The highest BCUT2D eigenvalue weighted by molar-refractivity contribution is 6.09. The Hall–Kier alpha value is -1.18. The molecule has 4 aliphatic heterocycles. The molecule has 4 rings (SSSR count). The van der Waals surface area contributed by atoms with E-state index in [1.165, 1.54) is 4.90 Å². The number of fused-ring (bicyclic) bond motifs is 5. The highest BCUT2D eigenvalue weighted by Crippen LogP contribution is 2.48. The number of carbonyl (C=O) groups excluding carboxylic acids is 3. The minimum Gasteiger partial charge on any atom is -0.373 e. The average molecular weight is 358 g/mol. The first-order chi connectivity index (χ1) is 11.1. The third-order valence-electron chi connectivity index (χ3n) is 5.73. The zero-order chi connectivity index (χ0) is 16.1. The van der Waals surface area contributed by atoms with Crippen LogP contribution in [0.4, 0.5) is 0 Å². The number of hydrogen-bond donors (Lipinski definition) is 2. The third kappa shape index (κ3) is 2.62. The Labute approximate surface area is 147 Å². The lowest BCUT2D eigenvalue weighted by molar-refractivity contribution is -0.149. The fourth-order valence-corrected chi connectivity index (χ4v) is 4.53. The van der Waals surface area contributed by atoms with E-state index < -0.39 is 6.04 Å². The fourth-order valence-electron chi connectivity index (χ4n) is 4.53. The van der Waals surface area contributed by atoms with Crippen molar-refractivity contribution in [3.63, 3.8) is 0 Å². The van der Waals surface area contributed by atoms with Crippen LogP contribution in [-0.4, -0.2) is 60.0 Å². The number of hydrogen-bond acceptors (Lipinski definition) is 5. The van der Waals surface area contributed by atoms with E-state index in [9.17, 15) is 14.4 Å². The topological polar surface area (TPSA) is 87.7 Å². The Balaban J connectivity index is 0.00000169. The van der Waals surface area contributed by atoms with Gasteiger partial charge in [0.2, 0.25) is 17.7 Å². The molecule has 0 aromatic heterocycles. The van der Waals surface area contributed by atoms with Gasteiger partial charge in [0.05, 0.1) is 24.0 Å². The Morgan fingerprint density at radius 1 is 1.21 bits per heavy atom. The molecule has 134 valence electrons. The highest BCUT2D eigenvalue weighted by atomic mass is 35.5. The van der Waals surface area contributed by atoms with Gasteiger partial charge in [0.25, 0.3) is 0 Å². The number of ether oxygens (including phenoxy) is 1. The van der Waals surface area contributed by atoms with Crippen molar-refractivity contribution >= 4 is 30.1 Å². The number of carbonyl (C=O) groups is 3. The fraction of sp³-hybridized carbons (Fsp3) is 0.812. The Morgan fingerprint density at radius 3 is 2.38 bits per heavy atom. The lowest BCUT2D eigenvalue weighted by Gasteiger charge is -2.28. The van der Waals surface area contributed by atoms with Gasteiger partial charge in [-0.15, -0.1) is 12.4 Å². The molecule has 24 heavy (non-hydrogen) atoms. The summed E-state index contributed by atoms with van der Waals surface area (Å²) < 4.78 is 5.71. The maximum absolute atomic E-state index is 12.7. The summed E-state index contributed by atoms with van der Waals surface area (Å²) in [5.41, 5.74) is 0. The van der Waals surface area contributed by atoms with Gasteiger partial charge in [0.15, 0.2) is 0 Å². The van der Waals surface area contributed by atoms with Gasteiger partial charge in [-0.3, -0.25) is 19.3 Å². The Kier molecular flexibility index (Phi) is 4.86. The third-order valence-corrected chi connectivity index (χ3v) is 5.73. The van der Waals surface area contributed by atoms with Crippen molar-refractivity contribution in [3.8, 4) is 0 Å². The summed E-state index contributed by atoms with van der Waals surface area (Å²) in [5.74, 6) is -1.43. The molecule has 0 aromatic rings. The normalized spacial score (nSPS) is 38.7. The van der Waals surface area contributed by atoms with E-state index in [0.717, 1.165) is 38.8 Å². The summed E-state index contributed by atoms with van der Waals surface area (Å²) in [5, 5.41) is 6.20. The number of imide groups is 1. The summed E-state index contributed by atoms with van der Waals surface area (Å²) in [4.78, 5) is 39.0. The van der Waals surface area contributed by atoms with E-state index >= 15 is 0 Å². The summed E-state index contributed by atoms with van der Waals surface area (Å²) in [6.07, 6.45) is 3.36. The van der Waals surface area contributed by atoms with Crippen LogP contribution in [0.2, 0.25) is 0 Å². The molecular formula is C16H24ClN3O4. The van der Waals surface area contributed by atoms with E-state index in [2.05, 4.69) is 10.6 Å². The first-order valence-electron chi connectivity index (χ1n) is 8.61. The molecule has 0 saturated carbocycles. The van der Waals surface area contributed by atoms with Crippen LogP contribution in [-0.2, 0) is 19.1 Å². The van der Waals surface area contributed by atoms with Gasteiger partial charge in [-0.05, 0) is 39.2 Å². The molecule has 2 bridgehead atoms. The molecule has 0 radical (unpaired) electrons. The van der Waals surface area contributed by atoms with Crippen molar-refractivity contribution in [2.75, 3.05) is 13.1 Å². The summed E-state index contributed by atoms with van der Waals surface area (Å²) in [7, 11) is 0. The van der Waals surface area contributed by atoms with Crippen LogP contribution < -0.4 is 10.6 Å². The monoisotopic (exact) mass is 357 g/mol. The second-order valence-corrected chi connectivity index (χ2v) is 7.12. The van der Waals surface area contributed by atoms with Gasteiger partial charge in [-0.1, -0.05) is 0 Å². The Morgan fingerprint density at radius 2 is 1.83 bits per heavy atom. The van der Waals surface area contributed by atoms with Crippen molar-refractivity contribution in [2.45, 2.75) is 56.9 Å². The molecule has 0 spiro atoms. The van der Waals surface area contributed by atoms with Crippen molar-refractivity contribution in [1.82, 2.24) is 15.5 Å². The Bertz CT molecular complexity index is 523. The van der Waals surface area contributed by atoms with E-state index in [1.807, 2.05) is 0 Å². The average Bonchev–Trinajstić information content (AvgIpc) is 3.22. The van der Waals surface area contributed by atoms with Gasteiger partial charge in [-0.25, -0.2) is 0 Å². The molecular weight excluding hydrogens is 334 g/mol. The minimum atomic E-state index is -0.748. The molecule has 0 aromatic carbocycles. The van der Waals surface area contributed by atoms with Crippen LogP contribution in [0.1, 0.15) is 32.6 Å². The number of amides is 3. The number of nitrogens with zero attached hydrogens (tertiary/aromatic N) is 1.